The van der Waals surface area contributed by atoms with E-state index >= 15 is 0 Å². The zero-order chi connectivity index (χ0) is 18.4. The first-order chi connectivity index (χ1) is 11.7. The summed E-state index contributed by atoms with van der Waals surface area (Å²) in [4.78, 5) is 1.94. The van der Waals surface area contributed by atoms with E-state index in [2.05, 4.69) is 4.90 Å². The van der Waals surface area contributed by atoms with Gasteiger partial charge in [0, 0.05) is 26.2 Å². The molecule has 1 aromatic rings. The standard InChI is InChI=1S/C18H27FN2O3S/c1-12-5-6-18(15(19)7-12)25(22,23)21-10-13-8-16(20(2)3)17(24-4)9-14(13)11-21/h5-7,13-14,16-17H,8-11H2,1-4H3/t13-,14+,16-,17-/m1/s1. The van der Waals surface area contributed by atoms with Crippen LogP contribution in [0.1, 0.15) is 18.4 Å². The van der Waals surface area contributed by atoms with Crippen molar-refractivity contribution in [2.24, 2.45) is 11.8 Å². The van der Waals surface area contributed by atoms with Crippen molar-refractivity contribution in [2.45, 2.75) is 36.8 Å². The Labute approximate surface area is 149 Å². The fourth-order valence-corrected chi connectivity index (χ4v) is 5.89. The Balaban J connectivity index is 1.82. The Morgan fingerprint density at radius 2 is 1.84 bits per heavy atom. The van der Waals surface area contributed by atoms with Crippen LogP contribution >= 0.6 is 0 Å². The number of halogens is 1. The minimum atomic E-state index is -3.80. The summed E-state index contributed by atoms with van der Waals surface area (Å²) in [6.07, 6.45) is 1.85. The van der Waals surface area contributed by atoms with Crippen LogP contribution in [0.5, 0.6) is 0 Å². The molecular formula is C18H27FN2O3S. The molecule has 2 aliphatic rings. The SMILES string of the molecule is CO[C@@H]1C[C@H]2CN(S(=O)(=O)c3ccc(C)cc3F)C[C@H]2C[C@H]1N(C)C. The summed E-state index contributed by atoms with van der Waals surface area (Å²) in [6, 6.07) is 4.58. The summed E-state index contributed by atoms with van der Waals surface area (Å²) in [5.74, 6) is -0.109. The number of likely N-dealkylation sites (N-methyl/N-ethyl adjacent to an activating group) is 1. The van der Waals surface area contributed by atoms with Crippen LogP contribution < -0.4 is 0 Å². The minimum Gasteiger partial charge on any atom is -0.380 e. The minimum absolute atomic E-state index is 0.106. The molecule has 1 saturated heterocycles. The van der Waals surface area contributed by atoms with Gasteiger partial charge in [-0.1, -0.05) is 6.07 Å². The van der Waals surface area contributed by atoms with Gasteiger partial charge in [0.15, 0.2) is 0 Å². The Bertz CT molecular complexity index is 738. The fourth-order valence-electron chi connectivity index (χ4n) is 4.29. The predicted octanol–water partition coefficient (Wildman–Crippen LogP) is 2.11. The van der Waals surface area contributed by atoms with E-state index in [4.69, 9.17) is 4.74 Å². The van der Waals surface area contributed by atoms with Crippen molar-refractivity contribution in [3.05, 3.63) is 29.6 Å². The number of rotatable bonds is 4. The average Bonchev–Trinajstić information content (AvgIpc) is 2.96. The first kappa shape index (κ1) is 18.8. The number of nitrogens with zero attached hydrogens (tertiary/aromatic N) is 2. The van der Waals surface area contributed by atoms with E-state index in [0.717, 1.165) is 12.8 Å². The fraction of sp³-hybridized carbons (Fsp3) is 0.667. The van der Waals surface area contributed by atoms with Crippen LogP contribution in [0, 0.1) is 24.6 Å². The molecule has 0 unspecified atom stereocenters. The molecule has 140 valence electrons. The van der Waals surface area contributed by atoms with Crippen LogP contribution in [0.2, 0.25) is 0 Å². The van der Waals surface area contributed by atoms with Gasteiger partial charge in [-0.25, -0.2) is 12.8 Å². The molecule has 1 aromatic carbocycles. The molecule has 1 aliphatic heterocycles. The third-order valence-corrected chi connectivity index (χ3v) is 7.59. The number of sulfonamides is 1. The summed E-state index contributed by atoms with van der Waals surface area (Å²) in [6.45, 7) is 2.65. The van der Waals surface area contributed by atoms with Crippen LogP contribution in [0.15, 0.2) is 23.1 Å². The van der Waals surface area contributed by atoms with E-state index in [-0.39, 0.29) is 23.0 Å². The zero-order valence-electron chi connectivity index (χ0n) is 15.3. The van der Waals surface area contributed by atoms with Gasteiger partial charge in [-0.2, -0.15) is 4.31 Å². The van der Waals surface area contributed by atoms with Gasteiger partial charge in [0.05, 0.1) is 6.10 Å². The molecule has 0 bridgehead atoms. The third kappa shape index (κ3) is 3.47. The summed E-state index contributed by atoms with van der Waals surface area (Å²) >= 11 is 0. The molecule has 0 amide bonds. The van der Waals surface area contributed by atoms with Crippen LogP contribution in [-0.4, -0.2) is 64.1 Å². The van der Waals surface area contributed by atoms with Crippen molar-refractivity contribution >= 4 is 10.0 Å². The highest BCUT2D eigenvalue weighted by Gasteiger charge is 2.46. The molecule has 1 saturated carbocycles. The quantitative estimate of drug-likeness (QED) is 0.815. The van der Waals surface area contributed by atoms with Crippen molar-refractivity contribution in [1.29, 1.82) is 0 Å². The number of benzene rings is 1. The van der Waals surface area contributed by atoms with Crippen molar-refractivity contribution in [1.82, 2.24) is 9.21 Å². The van der Waals surface area contributed by atoms with E-state index in [1.807, 2.05) is 14.1 Å². The highest BCUT2D eigenvalue weighted by atomic mass is 32.2. The van der Waals surface area contributed by atoms with Crippen molar-refractivity contribution in [2.75, 3.05) is 34.3 Å². The zero-order valence-corrected chi connectivity index (χ0v) is 16.1. The molecule has 1 aliphatic carbocycles. The predicted molar refractivity (Wildman–Crippen MR) is 94.4 cm³/mol. The maximum absolute atomic E-state index is 14.2. The van der Waals surface area contributed by atoms with Gasteiger partial charge in [0.25, 0.3) is 0 Å². The van der Waals surface area contributed by atoms with Crippen molar-refractivity contribution in [3.8, 4) is 0 Å². The first-order valence-electron chi connectivity index (χ1n) is 8.69. The summed E-state index contributed by atoms with van der Waals surface area (Å²) in [5, 5.41) is 0. The molecule has 4 atom stereocenters. The summed E-state index contributed by atoms with van der Waals surface area (Å²) < 4.78 is 47.2. The lowest BCUT2D eigenvalue weighted by Crippen LogP contribution is -2.47. The molecule has 1 heterocycles. The van der Waals surface area contributed by atoms with Gasteiger partial charge in [-0.3, -0.25) is 0 Å². The lowest BCUT2D eigenvalue weighted by atomic mass is 9.77. The second-order valence-electron chi connectivity index (χ2n) is 7.55. The molecule has 0 aromatic heterocycles. The normalized spacial score (nSPS) is 30.6. The second kappa shape index (κ2) is 6.95. The second-order valence-corrected chi connectivity index (χ2v) is 9.46. The maximum Gasteiger partial charge on any atom is 0.246 e. The molecule has 5 nitrogen and oxygen atoms in total. The number of ether oxygens (including phenoxy) is 1. The number of hydrogen-bond acceptors (Lipinski definition) is 4. The smallest absolute Gasteiger partial charge is 0.246 e. The topological polar surface area (TPSA) is 49.9 Å². The third-order valence-electron chi connectivity index (χ3n) is 5.72. The van der Waals surface area contributed by atoms with Crippen molar-refractivity contribution < 1.29 is 17.5 Å². The summed E-state index contributed by atoms with van der Waals surface area (Å²) in [5.41, 5.74) is 0.711. The Morgan fingerprint density at radius 3 is 2.40 bits per heavy atom. The summed E-state index contributed by atoms with van der Waals surface area (Å²) in [7, 11) is 1.97. The number of aryl methyl sites for hydroxylation is 1. The van der Waals surface area contributed by atoms with Gasteiger partial charge < -0.3 is 9.64 Å². The highest BCUT2D eigenvalue weighted by molar-refractivity contribution is 7.89. The Hall–Kier alpha value is -1.02. The van der Waals surface area contributed by atoms with E-state index in [1.165, 1.54) is 16.4 Å². The van der Waals surface area contributed by atoms with Gasteiger partial charge in [-0.15, -0.1) is 0 Å². The highest BCUT2D eigenvalue weighted by Crippen LogP contribution is 2.40. The molecule has 0 spiro atoms. The monoisotopic (exact) mass is 370 g/mol. The van der Waals surface area contributed by atoms with Gasteiger partial charge in [-0.05, 0) is 63.4 Å². The molecule has 0 radical (unpaired) electrons. The van der Waals surface area contributed by atoms with Crippen LogP contribution in [0.4, 0.5) is 4.39 Å². The maximum atomic E-state index is 14.2. The van der Waals surface area contributed by atoms with Crippen LogP contribution in [0.3, 0.4) is 0 Å². The van der Waals surface area contributed by atoms with Gasteiger partial charge in [0.1, 0.15) is 10.7 Å². The lowest BCUT2D eigenvalue weighted by Gasteiger charge is -2.40. The molecule has 2 fully saturated rings. The molecule has 7 heteroatoms. The Morgan fingerprint density at radius 1 is 1.20 bits per heavy atom. The molecule has 0 N–H and O–H groups in total. The Kier molecular flexibility index (Phi) is 5.21. The van der Waals surface area contributed by atoms with Crippen LogP contribution in [-0.2, 0) is 14.8 Å². The van der Waals surface area contributed by atoms with E-state index < -0.39 is 15.8 Å². The van der Waals surface area contributed by atoms with Gasteiger partial charge >= 0.3 is 0 Å². The molecule has 25 heavy (non-hydrogen) atoms. The average molecular weight is 370 g/mol. The van der Waals surface area contributed by atoms with Crippen LogP contribution in [0.25, 0.3) is 0 Å². The van der Waals surface area contributed by atoms with Gasteiger partial charge in [0.2, 0.25) is 10.0 Å². The number of fused-ring (bicyclic) bond motifs is 1. The molecular weight excluding hydrogens is 343 g/mol. The van der Waals surface area contributed by atoms with Crippen molar-refractivity contribution in [3.63, 3.8) is 0 Å². The van der Waals surface area contributed by atoms with E-state index in [9.17, 15) is 12.8 Å². The lowest BCUT2D eigenvalue weighted by molar-refractivity contribution is -0.0209. The first-order valence-corrected chi connectivity index (χ1v) is 10.1. The number of hydrogen-bond donors (Lipinski definition) is 0. The van der Waals surface area contributed by atoms with E-state index in [1.54, 1.807) is 20.1 Å². The van der Waals surface area contributed by atoms with E-state index in [0.29, 0.717) is 24.6 Å². The number of methoxy groups -OCH3 is 1. The molecule has 3 rings (SSSR count). The largest absolute Gasteiger partial charge is 0.380 e.